The van der Waals surface area contributed by atoms with Crippen molar-refractivity contribution in [2.45, 2.75) is 23.9 Å². The summed E-state index contributed by atoms with van der Waals surface area (Å²) < 4.78 is 33.8. The van der Waals surface area contributed by atoms with Crippen molar-refractivity contribution in [2.75, 3.05) is 57.5 Å². The van der Waals surface area contributed by atoms with Gasteiger partial charge in [0, 0.05) is 44.0 Å². The minimum atomic E-state index is -3.55. The van der Waals surface area contributed by atoms with Crippen molar-refractivity contribution in [3.63, 3.8) is 0 Å². The molecule has 0 radical (unpaired) electrons. The lowest BCUT2D eigenvalue weighted by Crippen LogP contribution is -2.37. The summed E-state index contributed by atoms with van der Waals surface area (Å²) in [6, 6.07) is 6.68. The number of nitrogen functional groups attached to an aromatic ring is 1. The number of hydrogen-bond donors (Lipinski definition) is 1. The number of sulfonamides is 1. The molecule has 0 saturated carbocycles. The minimum Gasteiger partial charge on any atom is -0.379 e. The maximum Gasteiger partial charge on any atom is 0.243 e. The van der Waals surface area contributed by atoms with E-state index in [2.05, 4.69) is 15.1 Å². The molecule has 1 aromatic carbocycles. The Balaban J connectivity index is 1.73. The van der Waals surface area contributed by atoms with E-state index >= 15 is 0 Å². The number of morpholine rings is 1. The summed E-state index contributed by atoms with van der Waals surface area (Å²) in [5.41, 5.74) is 0.619. The molecule has 29 heavy (non-hydrogen) atoms. The number of nitrogens with zero attached hydrogens (tertiary/aromatic N) is 5. The lowest BCUT2D eigenvalue weighted by atomic mass is 10.2. The van der Waals surface area contributed by atoms with Crippen LogP contribution in [0.1, 0.15) is 13.8 Å². The van der Waals surface area contributed by atoms with Crippen LogP contribution >= 0.6 is 11.8 Å². The summed E-state index contributed by atoms with van der Waals surface area (Å²) in [7, 11) is -3.55. The van der Waals surface area contributed by atoms with Gasteiger partial charge in [0.05, 0.1) is 18.1 Å². The molecule has 9 nitrogen and oxygen atoms in total. The van der Waals surface area contributed by atoms with E-state index in [4.69, 9.17) is 10.6 Å². The zero-order chi connectivity index (χ0) is 20.9. The van der Waals surface area contributed by atoms with Crippen LogP contribution in [0.15, 0.2) is 34.3 Å². The standard InChI is InChI=1S/C18H28N6O3S2/c1-3-23(4-2)29(25,26)16-7-5-6-15(14-16)17-20-21-18(24(17)19)28-13-10-22-8-11-27-12-9-22/h5-7,14H,3-4,8-13,19H2,1-2H3. The van der Waals surface area contributed by atoms with Gasteiger partial charge in [-0.3, -0.25) is 4.90 Å². The highest BCUT2D eigenvalue weighted by atomic mass is 32.2. The van der Waals surface area contributed by atoms with Crippen LogP contribution in [0.2, 0.25) is 0 Å². The smallest absolute Gasteiger partial charge is 0.243 e. The van der Waals surface area contributed by atoms with Crippen molar-refractivity contribution in [1.82, 2.24) is 24.1 Å². The van der Waals surface area contributed by atoms with Gasteiger partial charge in [-0.25, -0.2) is 13.1 Å². The van der Waals surface area contributed by atoms with Gasteiger partial charge in [-0.1, -0.05) is 37.7 Å². The van der Waals surface area contributed by atoms with E-state index in [1.807, 2.05) is 13.8 Å². The Bertz CT molecular complexity index is 908. The number of ether oxygens (including phenoxy) is 1. The topological polar surface area (TPSA) is 107 Å². The van der Waals surface area contributed by atoms with Gasteiger partial charge in [-0.15, -0.1) is 10.2 Å². The van der Waals surface area contributed by atoms with Crippen molar-refractivity contribution in [1.29, 1.82) is 0 Å². The fourth-order valence-corrected chi connectivity index (χ4v) is 5.53. The molecule has 0 bridgehead atoms. The molecule has 0 atom stereocenters. The number of hydrogen-bond acceptors (Lipinski definition) is 8. The van der Waals surface area contributed by atoms with Gasteiger partial charge < -0.3 is 10.6 Å². The van der Waals surface area contributed by atoms with Crippen LogP contribution in [0.3, 0.4) is 0 Å². The number of aromatic nitrogens is 3. The first-order chi connectivity index (χ1) is 14.0. The quantitative estimate of drug-likeness (QED) is 0.457. The van der Waals surface area contributed by atoms with Crippen molar-refractivity contribution in [3.8, 4) is 11.4 Å². The van der Waals surface area contributed by atoms with Crippen LogP contribution in [0.4, 0.5) is 0 Å². The third-order valence-electron chi connectivity index (χ3n) is 4.84. The lowest BCUT2D eigenvalue weighted by Gasteiger charge is -2.26. The maximum absolute atomic E-state index is 12.8. The SMILES string of the molecule is CCN(CC)S(=O)(=O)c1cccc(-c2nnc(SCCN3CCOCC3)n2N)c1. The molecule has 2 heterocycles. The van der Waals surface area contributed by atoms with E-state index in [1.54, 1.807) is 24.3 Å². The molecule has 1 fully saturated rings. The first-order valence-electron chi connectivity index (χ1n) is 9.71. The maximum atomic E-state index is 12.8. The van der Waals surface area contributed by atoms with Crippen LogP contribution < -0.4 is 5.84 Å². The normalized spacial score (nSPS) is 15.8. The molecule has 2 N–H and O–H groups in total. The molecule has 160 valence electrons. The molecule has 0 unspecified atom stereocenters. The number of benzene rings is 1. The Morgan fingerprint density at radius 1 is 1.21 bits per heavy atom. The largest absolute Gasteiger partial charge is 0.379 e. The van der Waals surface area contributed by atoms with E-state index in [9.17, 15) is 8.42 Å². The highest BCUT2D eigenvalue weighted by Gasteiger charge is 2.23. The fraction of sp³-hybridized carbons (Fsp3) is 0.556. The zero-order valence-corrected chi connectivity index (χ0v) is 18.5. The van der Waals surface area contributed by atoms with Gasteiger partial charge in [-0.05, 0) is 12.1 Å². The third kappa shape index (κ3) is 5.10. The Morgan fingerprint density at radius 3 is 2.62 bits per heavy atom. The monoisotopic (exact) mass is 440 g/mol. The summed E-state index contributed by atoms with van der Waals surface area (Å²) in [6.45, 7) is 8.82. The molecule has 11 heteroatoms. The van der Waals surface area contributed by atoms with Gasteiger partial charge in [-0.2, -0.15) is 4.31 Å². The van der Waals surface area contributed by atoms with Crippen molar-refractivity contribution in [3.05, 3.63) is 24.3 Å². The van der Waals surface area contributed by atoms with Gasteiger partial charge in [0.25, 0.3) is 0 Å². The van der Waals surface area contributed by atoms with E-state index in [0.717, 1.165) is 38.6 Å². The molecule has 1 aliphatic heterocycles. The highest BCUT2D eigenvalue weighted by molar-refractivity contribution is 7.99. The van der Waals surface area contributed by atoms with E-state index in [1.165, 1.54) is 20.7 Å². The second-order valence-electron chi connectivity index (χ2n) is 6.60. The summed E-state index contributed by atoms with van der Waals surface area (Å²) in [6.07, 6.45) is 0. The number of rotatable bonds is 9. The highest BCUT2D eigenvalue weighted by Crippen LogP contribution is 2.25. The number of thioether (sulfide) groups is 1. The van der Waals surface area contributed by atoms with Crippen LogP contribution in [-0.2, 0) is 14.8 Å². The third-order valence-corrected chi connectivity index (χ3v) is 7.81. The van der Waals surface area contributed by atoms with Crippen LogP contribution in [0.5, 0.6) is 0 Å². The van der Waals surface area contributed by atoms with E-state index < -0.39 is 10.0 Å². The summed E-state index contributed by atoms with van der Waals surface area (Å²) in [4.78, 5) is 2.57. The van der Waals surface area contributed by atoms with Crippen LogP contribution in [0.25, 0.3) is 11.4 Å². The van der Waals surface area contributed by atoms with E-state index in [0.29, 0.717) is 29.6 Å². The second kappa shape index (κ2) is 9.90. The first kappa shape index (κ1) is 22.0. The summed E-state index contributed by atoms with van der Waals surface area (Å²) in [5.74, 6) is 7.48. The van der Waals surface area contributed by atoms with Crippen molar-refractivity contribution >= 4 is 21.8 Å². The predicted molar refractivity (Wildman–Crippen MR) is 114 cm³/mol. The Kier molecular flexibility index (Phi) is 7.52. The average Bonchev–Trinajstić information content (AvgIpc) is 3.10. The Morgan fingerprint density at radius 2 is 1.93 bits per heavy atom. The first-order valence-corrected chi connectivity index (χ1v) is 12.1. The number of nitrogens with two attached hydrogens (primary N) is 1. The lowest BCUT2D eigenvalue weighted by molar-refractivity contribution is 0.0410. The zero-order valence-electron chi connectivity index (χ0n) is 16.8. The Labute approximate surface area is 176 Å². The van der Waals surface area contributed by atoms with Crippen LogP contribution in [0, 0.1) is 0 Å². The molecule has 1 saturated heterocycles. The summed E-state index contributed by atoms with van der Waals surface area (Å²) >= 11 is 1.53. The molecule has 3 rings (SSSR count). The molecular weight excluding hydrogens is 412 g/mol. The molecule has 0 amide bonds. The molecule has 1 aliphatic rings. The molecular formula is C18H28N6O3S2. The van der Waals surface area contributed by atoms with E-state index in [-0.39, 0.29) is 4.90 Å². The van der Waals surface area contributed by atoms with Gasteiger partial charge in [0.1, 0.15) is 0 Å². The van der Waals surface area contributed by atoms with Gasteiger partial charge >= 0.3 is 0 Å². The molecule has 0 spiro atoms. The predicted octanol–water partition coefficient (Wildman–Crippen LogP) is 1.11. The molecule has 1 aromatic heterocycles. The average molecular weight is 441 g/mol. The summed E-state index contributed by atoms with van der Waals surface area (Å²) in [5, 5.41) is 8.97. The molecule has 0 aliphatic carbocycles. The van der Waals surface area contributed by atoms with Crippen molar-refractivity contribution < 1.29 is 13.2 Å². The van der Waals surface area contributed by atoms with Gasteiger partial charge in [0.15, 0.2) is 5.82 Å². The van der Waals surface area contributed by atoms with Gasteiger partial charge in [0.2, 0.25) is 15.2 Å². The fourth-order valence-electron chi connectivity index (χ4n) is 3.17. The Hall–Kier alpha value is -1.66. The second-order valence-corrected chi connectivity index (χ2v) is 9.60. The van der Waals surface area contributed by atoms with Crippen LogP contribution in [-0.4, -0.2) is 84.2 Å². The molecule has 2 aromatic rings. The minimum absolute atomic E-state index is 0.225. The van der Waals surface area contributed by atoms with Crippen molar-refractivity contribution in [2.24, 2.45) is 0 Å².